The van der Waals surface area contributed by atoms with Crippen molar-refractivity contribution in [2.75, 3.05) is 0 Å². The third kappa shape index (κ3) is 4.95. The fourth-order valence-corrected chi connectivity index (χ4v) is 4.88. The van der Waals surface area contributed by atoms with E-state index in [0.717, 1.165) is 39.3 Å². The van der Waals surface area contributed by atoms with E-state index in [1.165, 1.54) is 22.3 Å². The Hall–Kier alpha value is -3.77. The third-order valence-electron chi connectivity index (χ3n) is 6.15. The van der Waals surface area contributed by atoms with Gasteiger partial charge < -0.3 is 4.57 Å². The zero-order valence-electron chi connectivity index (χ0n) is 20.8. The van der Waals surface area contributed by atoms with E-state index in [1.807, 2.05) is 18.5 Å². The number of nitrogens with zero attached hydrogens (tertiary/aromatic N) is 3. The van der Waals surface area contributed by atoms with Gasteiger partial charge in [-0.05, 0) is 44.4 Å². The molecule has 36 heavy (non-hydrogen) atoms. The van der Waals surface area contributed by atoms with Crippen molar-refractivity contribution in [3.05, 3.63) is 119 Å². The topological polar surface area (TPSA) is 41.6 Å². The predicted octanol–water partition coefficient (Wildman–Crippen LogP) is 7.78. The average molecular weight is 645 g/mol. The number of rotatable bonds is 4. The second kappa shape index (κ2) is 10.5. The fraction of sp³-hybridized carbons (Fsp3) is 0.125. The number of para-hydroxylation sites is 1. The Labute approximate surface area is 226 Å². The third-order valence-corrected chi connectivity index (χ3v) is 6.15. The Bertz CT molecular complexity index is 1490. The SMILES string of the molecule is Cc1cc(C)cc(-c2cccc(-c3cc(C)cc(C)c3)c2-n2ccnc2-c2[c-]ccc(C#N)c2)c1.[Ir]. The zero-order valence-corrected chi connectivity index (χ0v) is 23.2. The quantitative estimate of drug-likeness (QED) is 0.188. The van der Waals surface area contributed by atoms with Gasteiger partial charge in [-0.25, -0.2) is 0 Å². The van der Waals surface area contributed by atoms with Crippen LogP contribution in [0.15, 0.2) is 85.2 Å². The maximum Gasteiger partial charge on any atom is 0.0789 e. The van der Waals surface area contributed by atoms with E-state index in [1.54, 1.807) is 12.1 Å². The van der Waals surface area contributed by atoms with Gasteiger partial charge in [-0.3, -0.25) is 4.98 Å². The molecule has 0 aliphatic carbocycles. The van der Waals surface area contributed by atoms with Crippen molar-refractivity contribution >= 4 is 0 Å². The molecule has 4 aromatic carbocycles. The van der Waals surface area contributed by atoms with E-state index in [4.69, 9.17) is 4.98 Å². The molecule has 0 saturated carbocycles. The molecule has 0 amide bonds. The van der Waals surface area contributed by atoms with Crippen molar-refractivity contribution in [1.29, 1.82) is 5.26 Å². The molecule has 1 aromatic heterocycles. The molecule has 0 saturated heterocycles. The van der Waals surface area contributed by atoms with Crippen LogP contribution in [0.5, 0.6) is 0 Å². The van der Waals surface area contributed by atoms with Gasteiger partial charge in [-0.1, -0.05) is 76.9 Å². The molecule has 4 heteroatoms. The van der Waals surface area contributed by atoms with Gasteiger partial charge in [0, 0.05) is 43.6 Å². The number of aryl methyl sites for hydroxylation is 4. The van der Waals surface area contributed by atoms with Gasteiger partial charge in [0.1, 0.15) is 0 Å². The Morgan fingerprint density at radius 1 is 0.778 bits per heavy atom. The maximum absolute atomic E-state index is 9.44. The van der Waals surface area contributed by atoms with Crippen LogP contribution in [-0.2, 0) is 20.1 Å². The number of hydrogen-bond donors (Lipinski definition) is 0. The van der Waals surface area contributed by atoms with Crippen LogP contribution in [0, 0.1) is 45.1 Å². The molecule has 0 aliphatic rings. The molecule has 0 spiro atoms. The average Bonchev–Trinajstić information content (AvgIpc) is 3.32. The van der Waals surface area contributed by atoms with Crippen LogP contribution in [-0.4, -0.2) is 9.55 Å². The van der Waals surface area contributed by atoms with E-state index >= 15 is 0 Å². The fourth-order valence-electron chi connectivity index (χ4n) is 4.88. The summed E-state index contributed by atoms with van der Waals surface area (Å²) in [4.78, 5) is 4.70. The number of imidazole rings is 1. The molecule has 1 heterocycles. The van der Waals surface area contributed by atoms with Crippen LogP contribution in [0.25, 0.3) is 39.3 Å². The number of nitriles is 1. The molecule has 0 bridgehead atoms. The summed E-state index contributed by atoms with van der Waals surface area (Å²) in [7, 11) is 0. The number of benzene rings is 4. The zero-order chi connectivity index (χ0) is 24.5. The smallest absolute Gasteiger partial charge is 0.0789 e. The van der Waals surface area contributed by atoms with Crippen molar-refractivity contribution in [2.24, 2.45) is 0 Å². The number of aromatic nitrogens is 2. The summed E-state index contributed by atoms with van der Waals surface area (Å²) in [5, 5.41) is 9.44. The van der Waals surface area contributed by atoms with Crippen LogP contribution in [0.3, 0.4) is 0 Å². The van der Waals surface area contributed by atoms with Gasteiger partial charge in [-0.2, -0.15) is 5.26 Å². The van der Waals surface area contributed by atoms with E-state index in [2.05, 4.69) is 99.0 Å². The second-order valence-electron chi connectivity index (χ2n) is 9.18. The first kappa shape index (κ1) is 25.3. The summed E-state index contributed by atoms with van der Waals surface area (Å²) in [5.41, 5.74) is 11.9. The summed E-state index contributed by atoms with van der Waals surface area (Å²) in [5.74, 6) is 0.754. The Balaban J connectivity index is 0.00000304. The molecule has 0 atom stereocenters. The summed E-state index contributed by atoms with van der Waals surface area (Å²) in [6.07, 6.45) is 3.81. The standard InChI is InChI=1S/C32H26N3.Ir/c1-21-13-22(2)16-27(15-21)29-9-6-10-30(28-17-23(3)14-24(4)18-28)31(29)35-12-11-34-32(35)26-8-5-7-25(19-26)20-33;/h5-7,9-19H,1-4H3;/q-1;. The molecule has 179 valence electrons. The van der Waals surface area contributed by atoms with E-state index < -0.39 is 0 Å². The maximum atomic E-state index is 9.44. The molecular formula is C32H26IrN3-. The van der Waals surface area contributed by atoms with Crippen molar-refractivity contribution in [2.45, 2.75) is 27.7 Å². The van der Waals surface area contributed by atoms with Crippen molar-refractivity contribution in [3.63, 3.8) is 0 Å². The molecule has 0 unspecified atom stereocenters. The Morgan fingerprint density at radius 3 is 1.86 bits per heavy atom. The summed E-state index contributed by atoms with van der Waals surface area (Å²) >= 11 is 0. The van der Waals surface area contributed by atoms with Gasteiger partial charge in [0.2, 0.25) is 0 Å². The molecule has 0 aliphatic heterocycles. The molecule has 3 nitrogen and oxygen atoms in total. The first-order valence-electron chi connectivity index (χ1n) is 11.7. The summed E-state index contributed by atoms with van der Waals surface area (Å²) in [6.45, 7) is 8.54. The van der Waals surface area contributed by atoms with Gasteiger partial charge in [-0.15, -0.1) is 29.8 Å². The molecule has 0 fully saturated rings. The van der Waals surface area contributed by atoms with Crippen molar-refractivity contribution < 1.29 is 20.1 Å². The van der Waals surface area contributed by atoms with Crippen molar-refractivity contribution in [3.8, 4) is 45.4 Å². The van der Waals surface area contributed by atoms with Gasteiger partial charge in [0.15, 0.2) is 0 Å². The minimum atomic E-state index is 0. The second-order valence-corrected chi connectivity index (χ2v) is 9.18. The monoisotopic (exact) mass is 645 g/mol. The molecule has 0 N–H and O–H groups in total. The first-order chi connectivity index (χ1) is 16.9. The Morgan fingerprint density at radius 2 is 1.33 bits per heavy atom. The number of hydrogen-bond acceptors (Lipinski definition) is 2. The Kier molecular flexibility index (Phi) is 7.36. The summed E-state index contributed by atoms with van der Waals surface area (Å²) in [6, 6.07) is 30.7. The van der Waals surface area contributed by atoms with E-state index in [9.17, 15) is 5.26 Å². The molecule has 5 rings (SSSR count). The minimum absolute atomic E-state index is 0. The van der Waals surface area contributed by atoms with Crippen LogP contribution >= 0.6 is 0 Å². The van der Waals surface area contributed by atoms with Gasteiger partial charge >= 0.3 is 0 Å². The normalized spacial score (nSPS) is 10.5. The van der Waals surface area contributed by atoms with Crippen LogP contribution in [0.2, 0.25) is 0 Å². The van der Waals surface area contributed by atoms with E-state index in [0.29, 0.717) is 5.56 Å². The largest absolute Gasteiger partial charge is 0.339 e. The summed E-state index contributed by atoms with van der Waals surface area (Å²) < 4.78 is 2.13. The van der Waals surface area contributed by atoms with Crippen LogP contribution < -0.4 is 0 Å². The van der Waals surface area contributed by atoms with Gasteiger partial charge in [0.05, 0.1) is 17.6 Å². The molecular weight excluding hydrogens is 619 g/mol. The molecule has 5 aromatic rings. The molecule has 1 radical (unpaired) electrons. The van der Waals surface area contributed by atoms with Gasteiger partial charge in [0.25, 0.3) is 0 Å². The van der Waals surface area contributed by atoms with Crippen LogP contribution in [0.4, 0.5) is 0 Å². The minimum Gasteiger partial charge on any atom is -0.339 e. The van der Waals surface area contributed by atoms with Crippen LogP contribution in [0.1, 0.15) is 27.8 Å². The predicted molar refractivity (Wildman–Crippen MR) is 142 cm³/mol. The van der Waals surface area contributed by atoms with Crippen molar-refractivity contribution in [1.82, 2.24) is 9.55 Å². The first-order valence-corrected chi connectivity index (χ1v) is 11.7. The van der Waals surface area contributed by atoms with E-state index in [-0.39, 0.29) is 20.1 Å².